The van der Waals surface area contributed by atoms with Gasteiger partial charge >= 0.3 is 0 Å². The fourth-order valence-corrected chi connectivity index (χ4v) is 2.81. The zero-order valence-electron chi connectivity index (χ0n) is 12.4. The van der Waals surface area contributed by atoms with Crippen LogP contribution in [0.25, 0.3) is 0 Å². The molecule has 1 fully saturated rings. The Morgan fingerprint density at radius 3 is 2.60 bits per heavy atom. The predicted molar refractivity (Wildman–Crippen MR) is 80.6 cm³/mol. The summed E-state index contributed by atoms with van der Waals surface area (Å²) in [5, 5.41) is 3.33. The van der Waals surface area contributed by atoms with E-state index < -0.39 is 0 Å². The van der Waals surface area contributed by atoms with Crippen molar-refractivity contribution in [1.29, 1.82) is 0 Å². The summed E-state index contributed by atoms with van der Waals surface area (Å²) in [6, 6.07) is 0. The lowest BCUT2D eigenvalue weighted by Gasteiger charge is -2.26. The SMILES string of the molecule is COc1c(NN)ncnc1NCCC1CCC(C)CC1. The molecule has 1 aliphatic rings. The van der Waals surface area contributed by atoms with Crippen LogP contribution < -0.4 is 21.3 Å². The number of nitrogens with one attached hydrogen (secondary N) is 2. The fraction of sp³-hybridized carbons (Fsp3) is 0.714. The molecule has 0 aromatic carbocycles. The van der Waals surface area contributed by atoms with E-state index in [1.807, 2.05) is 0 Å². The summed E-state index contributed by atoms with van der Waals surface area (Å²) >= 11 is 0. The largest absolute Gasteiger partial charge is 0.490 e. The third-order valence-corrected chi connectivity index (χ3v) is 4.13. The summed E-state index contributed by atoms with van der Waals surface area (Å²) in [6.07, 6.45) is 8.07. The van der Waals surface area contributed by atoms with Crippen LogP contribution in [0.2, 0.25) is 0 Å². The molecule has 1 aliphatic carbocycles. The van der Waals surface area contributed by atoms with Gasteiger partial charge in [-0.05, 0) is 18.3 Å². The molecule has 6 nitrogen and oxygen atoms in total. The summed E-state index contributed by atoms with van der Waals surface area (Å²) in [7, 11) is 1.59. The van der Waals surface area contributed by atoms with Crippen molar-refractivity contribution >= 4 is 11.6 Å². The molecule has 1 aromatic heterocycles. The molecule has 2 rings (SSSR count). The topological polar surface area (TPSA) is 85.1 Å². The van der Waals surface area contributed by atoms with Crippen molar-refractivity contribution in [3.05, 3.63) is 6.33 Å². The van der Waals surface area contributed by atoms with E-state index >= 15 is 0 Å². The van der Waals surface area contributed by atoms with Gasteiger partial charge in [0.1, 0.15) is 6.33 Å². The van der Waals surface area contributed by atoms with E-state index in [0.29, 0.717) is 17.4 Å². The van der Waals surface area contributed by atoms with Crippen molar-refractivity contribution in [3.63, 3.8) is 0 Å². The van der Waals surface area contributed by atoms with E-state index in [1.165, 1.54) is 38.4 Å². The molecule has 0 saturated heterocycles. The van der Waals surface area contributed by atoms with Gasteiger partial charge in [-0.1, -0.05) is 32.6 Å². The Morgan fingerprint density at radius 2 is 1.95 bits per heavy atom. The quantitative estimate of drug-likeness (QED) is 0.547. The number of hydrogen-bond donors (Lipinski definition) is 3. The third-order valence-electron chi connectivity index (χ3n) is 4.13. The maximum absolute atomic E-state index is 5.41. The van der Waals surface area contributed by atoms with Crippen molar-refractivity contribution < 1.29 is 4.74 Å². The predicted octanol–water partition coefficient (Wildman–Crippen LogP) is 2.40. The second kappa shape index (κ2) is 7.28. The standard InChI is InChI=1S/C14H25N5O/c1-10-3-5-11(6-4-10)7-8-16-13-12(20-2)14(19-15)18-9-17-13/h9-11H,3-8,15H2,1-2H3,(H2,16,17,18,19). The van der Waals surface area contributed by atoms with Crippen LogP contribution in [0.1, 0.15) is 39.0 Å². The van der Waals surface area contributed by atoms with Crippen LogP contribution in [-0.4, -0.2) is 23.6 Å². The Balaban J connectivity index is 1.85. The first kappa shape index (κ1) is 14.8. The zero-order chi connectivity index (χ0) is 14.4. The van der Waals surface area contributed by atoms with Crippen molar-refractivity contribution in [1.82, 2.24) is 9.97 Å². The molecule has 0 radical (unpaired) electrons. The van der Waals surface area contributed by atoms with E-state index in [4.69, 9.17) is 10.6 Å². The summed E-state index contributed by atoms with van der Waals surface area (Å²) in [6.45, 7) is 3.25. The molecule has 6 heteroatoms. The lowest BCUT2D eigenvalue weighted by atomic mass is 9.81. The molecular formula is C14H25N5O. The van der Waals surface area contributed by atoms with E-state index in [-0.39, 0.29) is 0 Å². The lowest BCUT2D eigenvalue weighted by molar-refractivity contribution is 0.281. The average Bonchev–Trinajstić information content (AvgIpc) is 2.49. The molecule has 0 aliphatic heterocycles. The molecule has 4 N–H and O–H groups in total. The number of hydrazine groups is 1. The smallest absolute Gasteiger partial charge is 0.205 e. The van der Waals surface area contributed by atoms with Gasteiger partial charge in [-0.25, -0.2) is 15.8 Å². The first-order valence-electron chi connectivity index (χ1n) is 7.34. The summed E-state index contributed by atoms with van der Waals surface area (Å²) in [5.74, 6) is 8.89. The van der Waals surface area contributed by atoms with Crippen LogP contribution in [0, 0.1) is 11.8 Å². The van der Waals surface area contributed by atoms with E-state index in [0.717, 1.165) is 18.4 Å². The Labute approximate surface area is 120 Å². The van der Waals surface area contributed by atoms with Crippen LogP contribution >= 0.6 is 0 Å². The summed E-state index contributed by atoms with van der Waals surface area (Å²) in [4.78, 5) is 8.23. The molecule has 0 unspecified atom stereocenters. The van der Waals surface area contributed by atoms with E-state index in [2.05, 4.69) is 27.6 Å². The van der Waals surface area contributed by atoms with Gasteiger partial charge in [-0.2, -0.15) is 0 Å². The van der Waals surface area contributed by atoms with Gasteiger partial charge in [-0.15, -0.1) is 0 Å². The summed E-state index contributed by atoms with van der Waals surface area (Å²) in [5.41, 5.74) is 2.52. The van der Waals surface area contributed by atoms with Crippen molar-refractivity contribution in [3.8, 4) is 5.75 Å². The Kier molecular flexibility index (Phi) is 5.40. The Hall–Kier alpha value is -1.56. The minimum Gasteiger partial charge on any atom is -0.490 e. The van der Waals surface area contributed by atoms with Gasteiger partial charge in [-0.3, -0.25) is 0 Å². The highest BCUT2D eigenvalue weighted by Gasteiger charge is 2.18. The van der Waals surface area contributed by atoms with E-state index in [9.17, 15) is 0 Å². The number of anilines is 2. The van der Waals surface area contributed by atoms with Crippen molar-refractivity contribution in [2.75, 3.05) is 24.4 Å². The highest BCUT2D eigenvalue weighted by molar-refractivity contribution is 5.62. The van der Waals surface area contributed by atoms with Crippen LogP contribution in [0.15, 0.2) is 6.33 Å². The van der Waals surface area contributed by atoms with Gasteiger partial charge in [0.05, 0.1) is 7.11 Å². The third kappa shape index (κ3) is 3.72. The maximum atomic E-state index is 5.41. The average molecular weight is 279 g/mol. The molecule has 1 saturated carbocycles. The zero-order valence-corrected chi connectivity index (χ0v) is 12.4. The molecular weight excluding hydrogens is 254 g/mol. The number of nitrogens with zero attached hydrogens (tertiary/aromatic N) is 2. The highest BCUT2D eigenvalue weighted by atomic mass is 16.5. The van der Waals surface area contributed by atoms with Crippen LogP contribution in [-0.2, 0) is 0 Å². The van der Waals surface area contributed by atoms with Gasteiger partial charge in [0.2, 0.25) is 5.75 Å². The number of nitrogens with two attached hydrogens (primary N) is 1. The number of aromatic nitrogens is 2. The van der Waals surface area contributed by atoms with Crippen LogP contribution in [0.5, 0.6) is 5.75 Å². The molecule has 0 bridgehead atoms. The second-order valence-electron chi connectivity index (χ2n) is 5.59. The minimum atomic E-state index is 0.497. The second-order valence-corrected chi connectivity index (χ2v) is 5.59. The molecule has 0 spiro atoms. The molecule has 20 heavy (non-hydrogen) atoms. The first-order valence-corrected chi connectivity index (χ1v) is 7.34. The maximum Gasteiger partial charge on any atom is 0.205 e. The number of nitrogen functional groups attached to an aromatic ring is 1. The van der Waals surface area contributed by atoms with Crippen LogP contribution in [0.3, 0.4) is 0 Å². The van der Waals surface area contributed by atoms with E-state index in [1.54, 1.807) is 7.11 Å². The van der Waals surface area contributed by atoms with Crippen molar-refractivity contribution in [2.45, 2.75) is 39.0 Å². The minimum absolute atomic E-state index is 0.497. The monoisotopic (exact) mass is 279 g/mol. The number of rotatable bonds is 6. The normalized spacial score (nSPS) is 22.4. The lowest BCUT2D eigenvalue weighted by Crippen LogP contribution is -2.17. The molecule has 0 atom stereocenters. The molecule has 0 amide bonds. The number of methoxy groups -OCH3 is 1. The van der Waals surface area contributed by atoms with Gasteiger partial charge in [0, 0.05) is 6.54 Å². The Morgan fingerprint density at radius 1 is 1.25 bits per heavy atom. The number of hydrogen-bond acceptors (Lipinski definition) is 6. The van der Waals surface area contributed by atoms with Crippen molar-refractivity contribution in [2.24, 2.45) is 17.7 Å². The molecule has 112 valence electrons. The van der Waals surface area contributed by atoms with Crippen LogP contribution in [0.4, 0.5) is 11.6 Å². The summed E-state index contributed by atoms with van der Waals surface area (Å²) < 4.78 is 5.29. The molecule has 1 aromatic rings. The highest BCUT2D eigenvalue weighted by Crippen LogP contribution is 2.31. The first-order chi connectivity index (χ1) is 9.74. The molecule has 1 heterocycles. The van der Waals surface area contributed by atoms with Gasteiger partial charge < -0.3 is 15.5 Å². The fourth-order valence-electron chi connectivity index (χ4n) is 2.81. The Bertz CT molecular complexity index is 418. The number of ether oxygens (including phenoxy) is 1. The van der Waals surface area contributed by atoms with Gasteiger partial charge in [0.25, 0.3) is 0 Å². The van der Waals surface area contributed by atoms with Gasteiger partial charge in [0.15, 0.2) is 11.6 Å².